The zero-order valence-corrected chi connectivity index (χ0v) is 13.2. The van der Waals surface area contributed by atoms with Gasteiger partial charge in [0.25, 0.3) is 0 Å². The predicted octanol–water partition coefficient (Wildman–Crippen LogP) is 2.49. The molecule has 1 rings (SSSR count). The van der Waals surface area contributed by atoms with E-state index in [1.165, 1.54) is 6.08 Å². The Morgan fingerprint density at radius 2 is 1.95 bits per heavy atom. The summed E-state index contributed by atoms with van der Waals surface area (Å²) in [7, 11) is 0. The lowest BCUT2D eigenvalue weighted by molar-refractivity contribution is -0.126. The van der Waals surface area contributed by atoms with Gasteiger partial charge in [-0.25, -0.2) is 0 Å². The highest BCUT2D eigenvalue weighted by Crippen LogP contribution is 2.11. The fourth-order valence-electron chi connectivity index (χ4n) is 1.47. The summed E-state index contributed by atoms with van der Waals surface area (Å²) in [5, 5.41) is 5.36. The summed E-state index contributed by atoms with van der Waals surface area (Å²) in [4.78, 5) is 23.3. The van der Waals surface area contributed by atoms with E-state index in [0.29, 0.717) is 6.54 Å². The summed E-state index contributed by atoms with van der Waals surface area (Å²) >= 11 is 3.35. The van der Waals surface area contributed by atoms with E-state index in [1.54, 1.807) is 13.0 Å². The second-order valence-electron chi connectivity index (χ2n) is 4.41. The van der Waals surface area contributed by atoms with Gasteiger partial charge in [-0.15, -0.1) is 0 Å². The Morgan fingerprint density at radius 3 is 2.55 bits per heavy atom. The van der Waals surface area contributed by atoms with E-state index in [2.05, 4.69) is 26.6 Å². The van der Waals surface area contributed by atoms with E-state index >= 15 is 0 Å². The third-order valence-electron chi connectivity index (χ3n) is 2.60. The zero-order chi connectivity index (χ0) is 15.0. The molecule has 2 N–H and O–H groups in total. The molecule has 0 spiro atoms. The summed E-state index contributed by atoms with van der Waals surface area (Å²) < 4.78 is 0.986. The average molecular weight is 339 g/mol. The van der Waals surface area contributed by atoms with Crippen LogP contribution >= 0.6 is 15.9 Å². The van der Waals surface area contributed by atoms with Crippen molar-refractivity contribution in [2.24, 2.45) is 0 Å². The number of amides is 2. The molecule has 0 heterocycles. The Labute approximate surface area is 127 Å². The van der Waals surface area contributed by atoms with Crippen LogP contribution in [0.4, 0.5) is 0 Å². The Morgan fingerprint density at radius 1 is 1.30 bits per heavy atom. The van der Waals surface area contributed by atoms with Gasteiger partial charge in [0.1, 0.15) is 6.04 Å². The van der Waals surface area contributed by atoms with Gasteiger partial charge in [-0.2, -0.15) is 0 Å². The first kappa shape index (κ1) is 16.4. The second-order valence-corrected chi connectivity index (χ2v) is 5.32. The molecule has 0 aliphatic rings. The fraction of sp³-hybridized carbons (Fsp3) is 0.333. The third-order valence-corrected chi connectivity index (χ3v) is 3.13. The van der Waals surface area contributed by atoms with E-state index in [0.717, 1.165) is 16.5 Å². The molecule has 108 valence electrons. The maximum Gasteiger partial charge on any atom is 0.244 e. The number of hydrogen-bond donors (Lipinski definition) is 2. The summed E-state index contributed by atoms with van der Waals surface area (Å²) in [5.41, 5.74) is 0.923. The quantitative estimate of drug-likeness (QED) is 0.783. The molecule has 5 heteroatoms. The number of rotatable bonds is 6. The van der Waals surface area contributed by atoms with Crippen molar-refractivity contribution in [3.8, 4) is 0 Å². The minimum atomic E-state index is -0.538. The summed E-state index contributed by atoms with van der Waals surface area (Å²) in [6.07, 6.45) is 4.00. The third kappa shape index (κ3) is 6.02. The maximum absolute atomic E-state index is 11.7. The van der Waals surface area contributed by atoms with Crippen LogP contribution in [-0.2, 0) is 9.59 Å². The van der Waals surface area contributed by atoms with Crippen LogP contribution in [0.5, 0.6) is 0 Å². The van der Waals surface area contributed by atoms with Gasteiger partial charge in [-0.1, -0.05) is 35.0 Å². The molecule has 1 aromatic carbocycles. The Kier molecular flexibility index (Phi) is 7.01. The lowest BCUT2D eigenvalue weighted by atomic mass is 10.2. The molecule has 1 aromatic rings. The second kappa shape index (κ2) is 8.53. The average Bonchev–Trinajstić information content (AvgIpc) is 2.44. The van der Waals surface area contributed by atoms with E-state index in [4.69, 9.17) is 0 Å². The number of halogens is 1. The minimum Gasteiger partial charge on any atom is -0.354 e. The molecular weight excluding hydrogens is 320 g/mol. The van der Waals surface area contributed by atoms with Crippen LogP contribution in [0.1, 0.15) is 25.8 Å². The Bertz CT molecular complexity index is 483. The van der Waals surface area contributed by atoms with Crippen molar-refractivity contribution in [2.75, 3.05) is 6.54 Å². The van der Waals surface area contributed by atoms with Crippen molar-refractivity contribution in [3.63, 3.8) is 0 Å². The van der Waals surface area contributed by atoms with E-state index < -0.39 is 6.04 Å². The molecule has 0 fully saturated rings. The van der Waals surface area contributed by atoms with Gasteiger partial charge in [0, 0.05) is 17.1 Å². The molecule has 0 aliphatic heterocycles. The van der Waals surface area contributed by atoms with Crippen LogP contribution in [0.15, 0.2) is 34.8 Å². The highest BCUT2D eigenvalue weighted by molar-refractivity contribution is 9.10. The molecule has 0 saturated carbocycles. The van der Waals surface area contributed by atoms with Gasteiger partial charge in [0.2, 0.25) is 11.8 Å². The maximum atomic E-state index is 11.7. The number of hydrogen-bond acceptors (Lipinski definition) is 2. The zero-order valence-electron chi connectivity index (χ0n) is 11.7. The molecule has 0 aromatic heterocycles. The molecule has 1 atom stereocenters. The Hall–Kier alpha value is -1.62. The van der Waals surface area contributed by atoms with Gasteiger partial charge >= 0.3 is 0 Å². The largest absolute Gasteiger partial charge is 0.354 e. The molecule has 0 radical (unpaired) electrons. The normalized spacial score (nSPS) is 12.2. The molecule has 0 saturated heterocycles. The van der Waals surface area contributed by atoms with Crippen LogP contribution in [0.2, 0.25) is 0 Å². The van der Waals surface area contributed by atoms with Gasteiger partial charge in [0.05, 0.1) is 0 Å². The van der Waals surface area contributed by atoms with Crippen LogP contribution < -0.4 is 10.6 Å². The number of carbonyl (C=O) groups is 2. The number of carbonyl (C=O) groups excluding carboxylic acids is 2. The van der Waals surface area contributed by atoms with Crippen molar-refractivity contribution in [2.45, 2.75) is 26.3 Å². The van der Waals surface area contributed by atoms with Crippen LogP contribution in [-0.4, -0.2) is 24.4 Å². The molecular formula is C15H19BrN2O2. The summed E-state index contributed by atoms with van der Waals surface area (Å²) in [6.45, 7) is 4.26. The van der Waals surface area contributed by atoms with E-state index in [-0.39, 0.29) is 11.8 Å². The SMILES string of the molecule is CCCNC(=O)[C@H](C)NC(=O)/C=C/c1ccc(Br)cc1. The first-order valence-electron chi connectivity index (χ1n) is 6.54. The molecule has 0 unspecified atom stereocenters. The van der Waals surface area contributed by atoms with Gasteiger partial charge in [-0.05, 0) is 37.1 Å². The highest BCUT2D eigenvalue weighted by Gasteiger charge is 2.12. The van der Waals surface area contributed by atoms with Crippen LogP contribution in [0.3, 0.4) is 0 Å². The fourth-order valence-corrected chi connectivity index (χ4v) is 1.74. The molecule has 4 nitrogen and oxygen atoms in total. The summed E-state index contributed by atoms with van der Waals surface area (Å²) in [6, 6.07) is 7.05. The monoisotopic (exact) mass is 338 g/mol. The molecule has 0 aliphatic carbocycles. The lowest BCUT2D eigenvalue weighted by Crippen LogP contribution is -2.44. The highest BCUT2D eigenvalue weighted by atomic mass is 79.9. The van der Waals surface area contributed by atoms with Crippen molar-refractivity contribution >= 4 is 33.8 Å². The van der Waals surface area contributed by atoms with Gasteiger partial charge in [-0.3, -0.25) is 9.59 Å². The lowest BCUT2D eigenvalue weighted by Gasteiger charge is -2.12. The first-order valence-corrected chi connectivity index (χ1v) is 7.34. The van der Waals surface area contributed by atoms with Crippen molar-refractivity contribution in [1.82, 2.24) is 10.6 Å². The van der Waals surface area contributed by atoms with Crippen molar-refractivity contribution in [3.05, 3.63) is 40.4 Å². The van der Waals surface area contributed by atoms with Gasteiger partial charge < -0.3 is 10.6 Å². The van der Waals surface area contributed by atoms with Crippen LogP contribution in [0, 0.1) is 0 Å². The predicted molar refractivity (Wildman–Crippen MR) is 84.1 cm³/mol. The van der Waals surface area contributed by atoms with Crippen LogP contribution in [0.25, 0.3) is 6.08 Å². The molecule has 0 bridgehead atoms. The Balaban J connectivity index is 2.46. The molecule has 2 amide bonds. The summed E-state index contributed by atoms with van der Waals surface area (Å²) in [5.74, 6) is -0.454. The smallest absolute Gasteiger partial charge is 0.244 e. The van der Waals surface area contributed by atoms with Gasteiger partial charge in [0.15, 0.2) is 0 Å². The number of benzene rings is 1. The topological polar surface area (TPSA) is 58.2 Å². The van der Waals surface area contributed by atoms with Crippen molar-refractivity contribution < 1.29 is 9.59 Å². The molecule has 20 heavy (non-hydrogen) atoms. The standard InChI is InChI=1S/C15H19BrN2O2/c1-3-10-17-15(20)11(2)18-14(19)9-6-12-4-7-13(16)8-5-12/h4-9,11H,3,10H2,1-2H3,(H,17,20)(H,18,19)/b9-6+/t11-/m0/s1. The van der Waals surface area contributed by atoms with E-state index in [9.17, 15) is 9.59 Å². The van der Waals surface area contributed by atoms with E-state index in [1.807, 2.05) is 31.2 Å². The minimum absolute atomic E-state index is 0.169. The van der Waals surface area contributed by atoms with Crippen molar-refractivity contribution in [1.29, 1.82) is 0 Å². The number of nitrogens with one attached hydrogen (secondary N) is 2. The first-order chi connectivity index (χ1) is 9.52.